The number of Topliss-reactive ketones (excluding diaryl/α,β-unsaturated/α-hetero) is 1. The average Bonchev–Trinajstić information content (AvgIpc) is 2.54. The molecule has 0 radical (unpaired) electrons. The van der Waals surface area contributed by atoms with Crippen molar-refractivity contribution in [2.45, 2.75) is 26.2 Å². The van der Waals surface area contributed by atoms with Crippen LogP contribution in [0.5, 0.6) is 0 Å². The molecule has 0 aromatic heterocycles. The van der Waals surface area contributed by atoms with Crippen LogP contribution in [0.3, 0.4) is 0 Å². The van der Waals surface area contributed by atoms with Crippen molar-refractivity contribution in [1.82, 2.24) is 4.90 Å². The Balaban J connectivity index is 2.26. The number of alkyl halides is 1. The second-order valence-corrected chi connectivity index (χ2v) is 7.69. The van der Waals surface area contributed by atoms with Crippen LogP contribution in [0.4, 0.5) is 5.69 Å². The Morgan fingerprint density at radius 3 is 2.35 bits per heavy atom. The number of carbonyl (C=O) groups is 1. The van der Waals surface area contributed by atoms with Gasteiger partial charge in [0.05, 0.1) is 11.9 Å². The van der Waals surface area contributed by atoms with E-state index >= 15 is 0 Å². The molecule has 0 bridgehead atoms. The first-order valence-electron chi connectivity index (χ1n) is 8.18. The van der Waals surface area contributed by atoms with Crippen molar-refractivity contribution < 1.29 is 9.90 Å². The SMILES string of the molecule is CC(C)(C)c1cc(C(=O)CBr)cc(N2CCN(CCO)CC2)c1. The molecule has 1 aliphatic rings. The minimum absolute atomic E-state index is 0.00998. The summed E-state index contributed by atoms with van der Waals surface area (Å²) in [6.07, 6.45) is 0. The second kappa shape index (κ2) is 7.77. The van der Waals surface area contributed by atoms with Crippen LogP contribution in [0.2, 0.25) is 0 Å². The molecule has 4 nitrogen and oxygen atoms in total. The van der Waals surface area contributed by atoms with Gasteiger partial charge in [-0.3, -0.25) is 9.69 Å². The van der Waals surface area contributed by atoms with E-state index in [1.807, 2.05) is 12.1 Å². The zero-order valence-corrected chi connectivity index (χ0v) is 15.9. The molecule has 2 rings (SSSR count). The molecule has 1 N–H and O–H groups in total. The van der Waals surface area contributed by atoms with Crippen LogP contribution in [-0.4, -0.2) is 60.5 Å². The number of β-amino-alcohol motifs (C(OH)–C–C–N with tert-alkyl or cyclic N) is 1. The number of rotatable bonds is 5. The van der Waals surface area contributed by atoms with Gasteiger partial charge < -0.3 is 10.0 Å². The molecular formula is C18H27BrN2O2. The minimum Gasteiger partial charge on any atom is -0.395 e. The molecule has 5 heteroatoms. The van der Waals surface area contributed by atoms with Gasteiger partial charge in [-0.2, -0.15) is 0 Å². The van der Waals surface area contributed by atoms with Crippen LogP contribution in [0.15, 0.2) is 18.2 Å². The largest absolute Gasteiger partial charge is 0.395 e. The van der Waals surface area contributed by atoms with Gasteiger partial charge >= 0.3 is 0 Å². The average molecular weight is 383 g/mol. The van der Waals surface area contributed by atoms with Crippen molar-refractivity contribution in [3.63, 3.8) is 0 Å². The Kier molecular flexibility index (Phi) is 6.23. The van der Waals surface area contributed by atoms with Gasteiger partial charge in [-0.25, -0.2) is 0 Å². The summed E-state index contributed by atoms with van der Waals surface area (Å²) in [5.41, 5.74) is 3.11. The fourth-order valence-electron chi connectivity index (χ4n) is 2.84. The number of piperazine rings is 1. The molecule has 1 saturated heterocycles. The van der Waals surface area contributed by atoms with Crippen LogP contribution in [0.25, 0.3) is 0 Å². The molecule has 0 unspecified atom stereocenters. The van der Waals surface area contributed by atoms with E-state index in [4.69, 9.17) is 5.11 Å². The van der Waals surface area contributed by atoms with E-state index in [0.29, 0.717) is 5.33 Å². The maximum atomic E-state index is 12.2. The molecule has 0 spiro atoms. The Labute approximate surface area is 147 Å². The number of halogens is 1. The highest BCUT2D eigenvalue weighted by molar-refractivity contribution is 9.09. The lowest BCUT2D eigenvalue weighted by Gasteiger charge is -2.36. The van der Waals surface area contributed by atoms with E-state index in [0.717, 1.165) is 44.0 Å². The van der Waals surface area contributed by atoms with Crippen molar-refractivity contribution in [3.8, 4) is 0 Å². The third kappa shape index (κ3) is 4.78. The molecule has 23 heavy (non-hydrogen) atoms. The standard InChI is InChI=1S/C18H27BrN2O2/c1-18(2,3)15-10-14(17(23)13-19)11-16(12-15)21-6-4-20(5-7-21)8-9-22/h10-12,22H,4-9,13H2,1-3H3. The summed E-state index contributed by atoms with van der Waals surface area (Å²) in [7, 11) is 0. The number of ketones is 1. The molecule has 0 saturated carbocycles. The lowest BCUT2D eigenvalue weighted by Crippen LogP contribution is -2.47. The number of aliphatic hydroxyl groups excluding tert-OH is 1. The van der Waals surface area contributed by atoms with E-state index in [-0.39, 0.29) is 17.8 Å². The van der Waals surface area contributed by atoms with Crippen molar-refractivity contribution in [2.24, 2.45) is 0 Å². The van der Waals surface area contributed by atoms with Crippen molar-refractivity contribution >= 4 is 27.4 Å². The summed E-state index contributed by atoms with van der Waals surface area (Å²) in [5.74, 6) is 0.122. The zero-order valence-electron chi connectivity index (χ0n) is 14.3. The number of hydrogen-bond donors (Lipinski definition) is 1. The maximum absolute atomic E-state index is 12.2. The lowest BCUT2D eigenvalue weighted by molar-refractivity contribution is 0.102. The van der Waals surface area contributed by atoms with Gasteiger partial charge in [0, 0.05) is 44.0 Å². The number of anilines is 1. The van der Waals surface area contributed by atoms with E-state index in [1.165, 1.54) is 5.56 Å². The fraction of sp³-hybridized carbons (Fsp3) is 0.611. The first-order chi connectivity index (χ1) is 10.8. The first kappa shape index (κ1) is 18.4. The van der Waals surface area contributed by atoms with Crippen LogP contribution < -0.4 is 4.90 Å². The van der Waals surface area contributed by atoms with Gasteiger partial charge in [-0.1, -0.05) is 36.7 Å². The zero-order chi connectivity index (χ0) is 17.0. The predicted octanol–water partition coefficient (Wildman–Crippen LogP) is 2.68. The van der Waals surface area contributed by atoms with Crippen LogP contribution in [-0.2, 0) is 5.41 Å². The van der Waals surface area contributed by atoms with E-state index in [9.17, 15) is 4.79 Å². The van der Waals surface area contributed by atoms with Gasteiger partial charge in [0.1, 0.15) is 0 Å². The number of nitrogens with zero attached hydrogens (tertiary/aromatic N) is 2. The topological polar surface area (TPSA) is 43.8 Å². The summed E-state index contributed by atoms with van der Waals surface area (Å²) in [5, 5.41) is 9.41. The van der Waals surface area contributed by atoms with Gasteiger partial charge in [0.15, 0.2) is 5.78 Å². The van der Waals surface area contributed by atoms with Gasteiger partial charge in [-0.15, -0.1) is 0 Å². The van der Waals surface area contributed by atoms with Crippen LogP contribution >= 0.6 is 15.9 Å². The molecule has 1 fully saturated rings. The van der Waals surface area contributed by atoms with Gasteiger partial charge in [0.2, 0.25) is 0 Å². The van der Waals surface area contributed by atoms with Gasteiger partial charge in [-0.05, 0) is 29.2 Å². The van der Waals surface area contributed by atoms with E-state index < -0.39 is 0 Å². The van der Waals surface area contributed by atoms with E-state index in [2.05, 4.69) is 52.6 Å². The monoisotopic (exact) mass is 382 g/mol. The third-order valence-electron chi connectivity index (χ3n) is 4.38. The number of benzene rings is 1. The Morgan fingerprint density at radius 2 is 1.83 bits per heavy atom. The Hall–Kier alpha value is -0.910. The summed E-state index contributed by atoms with van der Waals surface area (Å²) >= 11 is 3.28. The molecule has 1 heterocycles. The summed E-state index contributed by atoms with van der Waals surface area (Å²) in [6, 6.07) is 6.25. The van der Waals surface area contributed by atoms with Crippen LogP contribution in [0.1, 0.15) is 36.7 Å². The summed E-state index contributed by atoms with van der Waals surface area (Å²) < 4.78 is 0. The molecule has 1 aromatic carbocycles. The van der Waals surface area contributed by atoms with Gasteiger partial charge in [0.25, 0.3) is 0 Å². The number of carbonyl (C=O) groups excluding carboxylic acids is 1. The summed E-state index contributed by atoms with van der Waals surface area (Å²) in [4.78, 5) is 16.8. The summed E-state index contributed by atoms with van der Waals surface area (Å²) in [6.45, 7) is 11.2. The maximum Gasteiger partial charge on any atom is 0.173 e. The Bertz CT molecular complexity index is 546. The first-order valence-corrected chi connectivity index (χ1v) is 9.30. The predicted molar refractivity (Wildman–Crippen MR) is 99.0 cm³/mol. The van der Waals surface area contributed by atoms with Crippen molar-refractivity contribution in [1.29, 1.82) is 0 Å². The fourth-order valence-corrected chi connectivity index (χ4v) is 3.16. The second-order valence-electron chi connectivity index (χ2n) is 7.13. The molecule has 0 atom stereocenters. The van der Waals surface area contributed by atoms with E-state index in [1.54, 1.807) is 0 Å². The highest BCUT2D eigenvalue weighted by atomic mass is 79.9. The molecule has 0 aliphatic carbocycles. The smallest absolute Gasteiger partial charge is 0.173 e. The molecule has 128 valence electrons. The Morgan fingerprint density at radius 1 is 1.17 bits per heavy atom. The van der Waals surface area contributed by atoms with Crippen molar-refractivity contribution in [2.75, 3.05) is 49.6 Å². The third-order valence-corrected chi connectivity index (χ3v) is 4.89. The number of aliphatic hydroxyl groups is 1. The molecule has 0 amide bonds. The molecule has 1 aromatic rings. The lowest BCUT2D eigenvalue weighted by atomic mass is 9.85. The highest BCUT2D eigenvalue weighted by Crippen LogP contribution is 2.29. The molecule has 1 aliphatic heterocycles. The van der Waals surface area contributed by atoms with Crippen molar-refractivity contribution in [3.05, 3.63) is 29.3 Å². The highest BCUT2D eigenvalue weighted by Gasteiger charge is 2.21. The molecular weight excluding hydrogens is 356 g/mol. The minimum atomic E-state index is 0.00998. The quantitative estimate of drug-likeness (QED) is 0.627. The normalized spacial score (nSPS) is 16.7. The number of hydrogen-bond acceptors (Lipinski definition) is 4. The van der Waals surface area contributed by atoms with Crippen LogP contribution in [0, 0.1) is 0 Å².